The molecule has 0 saturated carbocycles. The van der Waals surface area contributed by atoms with E-state index in [2.05, 4.69) is 10.1 Å². The summed E-state index contributed by atoms with van der Waals surface area (Å²) in [6.07, 6.45) is -0.328. The standard InChI is InChI=1S/C24H20FN3O4/c1-14-22-17(11-19(26-23(22)32-27-14)16-7-3-4-8-18(16)25)24(29)28(2)12-15-13-30-20-9-5-6-10-21(20)31-15/h3-11,15H,12-13H2,1-2H3/t15-/m0/s1. The molecule has 32 heavy (non-hydrogen) atoms. The molecule has 1 atom stereocenters. The van der Waals surface area contributed by atoms with Crippen LogP contribution in [0.25, 0.3) is 22.4 Å². The highest BCUT2D eigenvalue weighted by Gasteiger charge is 2.27. The minimum absolute atomic E-state index is 0.186. The van der Waals surface area contributed by atoms with Gasteiger partial charge in [-0.1, -0.05) is 29.4 Å². The van der Waals surface area contributed by atoms with Gasteiger partial charge in [0, 0.05) is 12.6 Å². The van der Waals surface area contributed by atoms with Crippen molar-refractivity contribution >= 4 is 17.0 Å². The van der Waals surface area contributed by atoms with Gasteiger partial charge in [-0.25, -0.2) is 9.37 Å². The number of benzene rings is 2. The van der Waals surface area contributed by atoms with E-state index >= 15 is 0 Å². The molecule has 0 N–H and O–H groups in total. The second-order valence-electron chi connectivity index (χ2n) is 7.67. The van der Waals surface area contributed by atoms with Crippen LogP contribution in [0, 0.1) is 12.7 Å². The molecule has 0 bridgehead atoms. The normalized spacial score (nSPS) is 15.0. The molecule has 1 aliphatic heterocycles. The Hall–Kier alpha value is -3.94. The zero-order valence-corrected chi connectivity index (χ0v) is 17.5. The molecule has 3 heterocycles. The van der Waals surface area contributed by atoms with Gasteiger partial charge in [0.15, 0.2) is 17.6 Å². The number of likely N-dealkylation sites (N-methyl/N-ethyl adjacent to an activating group) is 1. The highest BCUT2D eigenvalue weighted by atomic mass is 19.1. The van der Waals surface area contributed by atoms with E-state index in [1.54, 1.807) is 43.1 Å². The summed E-state index contributed by atoms with van der Waals surface area (Å²) in [6.45, 7) is 2.37. The average molecular weight is 433 g/mol. The quantitative estimate of drug-likeness (QED) is 0.479. The Bertz CT molecular complexity index is 1320. The van der Waals surface area contributed by atoms with Crippen molar-refractivity contribution in [1.82, 2.24) is 15.0 Å². The van der Waals surface area contributed by atoms with Gasteiger partial charge in [-0.3, -0.25) is 4.79 Å². The number of ether oxygens (including phenoxy) is 2. The maximum atomic E-state index is 14.4. The van der Waals surface area contributed by atoms with Crippen LogP contribution in [0.4, 0.5) is 4.39 Å². The predicted octanol–water partition coefficient (Wildman–Crippen LogP) is 4.25. The smallest absolute Gasteiger partial charge is 0.259 e. The van der Waals surface area contributed by atoms with Crippen LogP contribution < -0.4 is 9.47 Å². The third-order valence-electron chi connectivity index (χ3n) is 5.39. The molecule has 5 rings (SSSR count). The highest BCUT2D eigenvalue weighted by Crippen LogP contribution is 2.32. The third-order valence-corrected chi connectivity index (χ3v) is 5.39. The van der Waals surface area contributed by atoms with E-state index in [-0.39, 0.29) is 23.3 Å². The zero-order chi connectivity index (χ0) is 22.2. The fourth-order valence-corrected chi connectivity index (χ4v) is 3.82. The zero-order valence-electron chi connectivity index (χ0n) is 17.5. The molecule has 0 unspecified atom stereocenters. The second kappa shape index (κ2) is 7.96. The Labute approximate surface area is 183 Å². The van der Waals surface area contributed by atoms with Crippen LogP contribution in [0.15, 0.2) is 59.1 Å². The fraction of sp³-hybridized carbons (Fsp3) is 0.208. The summed E-state index contributed by atoms with van der Waals surface area (Å²) >= 11 is 0. The summed E-state index contributed by atoms with van der Waals surface area (Å²) in [5, 5.41) is 4.46. The summed E-state index contributed by atoms with van der Waals surface area (Å²) in [7, 11) is 1.68. The van der Waals surface area contributed by atoms with Crippen molar-refractivity contribution in [1.29, 1.82) is 0 Å². The van der Waals surface area contributed by atoms with Gasteiger partial charge in [0.1, 0.15) is 12.4 Å². The molecule has 1 amide bonds. The SMILES string of the molecule is Cc1noc2nc(-c3ccccc3F)cc(C(=O)N(C)C[C@H]3COc4ccccc4O3)c12. The molecular formula is C24H20FN3O4. The lowest BCUT2D eigenvalue weighted by Crippen LogP contribution is -2.41. The molecule has 1 aliphatic rings. The van der Waals surface area contributed by atoms with Crippen molar-refractivity contribution in [3.8, 4) is 22.8 Å². The topological polar surface area (TPSA) is 77.7 Å². The van der Waals surface area contributed by atoms with Crippen molar-refractivity contribution in [2.24, 2.45) is 0 Å². The van der Waals surface area contributed by atoms with E-state index in [9.17, 15) is 9.18 Å². The van der Waals surface area contributed by atoms with Gasteiger partial charge in [-0.2, -0.15) is 0 Å². The van der Waals surface area contributed by atoms with E-state index in [0.29, 0.717) is 47.0 Å². The Balaban J connectivity index is 1.46. The van der Waals surface area contributed by atoms with Crippen LogP contribution in [0.3, 0.4) is 0 Å². The number of halogens is 1. The van der Waals surface area contributed by atoms with E-state index in [0.717, 1.165) is 0 Å². The van der Waals surface area contributed by atoms with Gasteiger partial charge in [0.2, 0.25) is 0 Å². The number of rotatable bonds is 4. The van der Waals surface area contributed by atoms with Crippen LogP contribution in [-0.2, 0) is 0 Å². The number of para-hydroxylation sites is 2. The monoisotopic (exact) mass is 433 g/mol. The molecule has 2 aromatic heterocycles. The molecule has 4 aromatic rings. The fourth-order valence-electron chi connectivity index (χ4n) is 3.82. The van der Waals surface area contributed by atoms with Crippen molar-refractivity contribution in [3.63, 3.8) is 0 Å². The molecule has 162 valence electrons. The molecule has 8 heteroatoms. The summed E-state index contributed by atoms with van der Waals surface area (Å²) in [6, 6.07) is 15.3. The van der Waals surface area contributed by atoms with Gasteiger partial charge >= 0.3 is 0 Å². The molecule has 0 saturated heterocycles. The molecule has 0 spiro atoms. The third kappa shape index (κ3) is 3.53. The van der Waals surface area contributed by atoms with E-state index in [1.165, 1.54) is 6.07 Å². The van der Waals surface area contributed by atoms with Crippen molar-refractivity contribution in [3.05, 3.63) is 71.7 Å². The number of hydrogen-bond donors (Lipinski definition) is 0. The van der Waals surface area contributed by atoms with Crippen LogP contribution in [-0.4, -0.2) is 47.3 Å². The number of nitrogens with zero attached hydrogens (tertiary/aromatic N) is 3. The maximum absolute atomic E-state index is 14.4. The minimum atomic E-state index is -0.436. The largest absolute Gasteiger partial charge is 0.486 e. The van der Waals surface area contributed by atoms with Crippen LogP contribution in [0.2, 0.25) is 0 Å². The summed E-state index contributed by atoms with van der Waals surface area (Å²) in [5.41, 5.74) is 1.64. The maximum Gasteiger partial charge on any atom is 0.259 e. The van der Waals surface area contributed by atoms with Crippen molar-refractivity contribution < 1.29 is 23.2 Å². The van der Waals surface area contributed by atoms with Gasteiger partial charge in [-0.15, -0.1) is 0 Å². The number of amides is 1. The molecule has 0 aliphatic carbocycles. The molecule has 0 fully saturated rings. The van der Waals surface area contributed by atoms with E-state index < -0.39 is 5.82 Å². The van der Waals surface area contributed by atoms with Gasteiger partial charge < -0.3 is 18.9 Å². The average Bonchev–Trinajstić information content (AvgIpc) is 3.19. The van der Waals surface area contributed by atoms with E-state index in [1.807, 2.05) is 24.3 Å². The minimum Gasteiger partial charge on any atom is -0.486 e. The first-order chi connectivity index (χ1) is 15.5. The Kier molecular flexibility index (Phi) is 4.97. The van der Waals surface area contributed by atoms with Crippen molar-refractivity contribution in [2.75, 3.05) is 20.2 Å². The first-order valence-electron chi connectivity index (χ1n) is 10.2. The lowest BCUT2D eigenvalue weighted by atomic mass is 10.0. The highest BCUT2D eigenvalue weighted by molar-refractivity contribution is 6.06. The number of fused-ring (bicyclic) bond motifs is 2. The van der Waals surface area contributed by atoms with Gasteiger partial charge in [-0.05, 0) is 37.3 Å². The predicted molar refractivity (Wildman–Crippen MR) is 115 cm³/mol. The van der Waals surface area contributed by atoms with Crippen LogP contribution in [0.5, 0.6) is 11.5 Å². The van der Waals surface area contributed by atoms with E-state index in [4.69, 9.17) is 14.0 Å². The van der Waals surface area contributed by atoms with Crippen LogP contribution >= 0.6 is 0 Å². The van der Waals surface area contributed by atoms with Crippen LogP contribution in [0.1, 0.15) is 16.1 Å². The molecule has 2 aromatic carbocycles. The summed E-state index contributed by atoms with van der Waals surface area (Å²) < 4.78 is 31.4. The molecular weight excluding hydrogens is 413 g/mol. The number of carbonyl (C=O) groups excluding carboxylic acids is 1. The number of aromatic nitrogens is 2. The molecule has 0 radical (unpaired) electrons. The number of aryl methyl sites for hydroxylation is 1. The number of pyridine rings is 1. The number of carbonyl (C=O) groups is 1. The number of hydrogen-bond acceptors (Lipinski definition) is 6. The lowest BCUT2D eigenvalue weighted by Gasteiger charge is -2.29. The Morgan fingerprint density at radius 1 is 1.16 bits per heavy atom. The summed E-state index contributed by atoms with van der Waals surface area (Å²) in [5.74, 6) is 0.619. The second-order valence-corrected chi connectivity index (χ2v) is 7.67. The first kappa shape index (κ1) is 20.0. The Morgan fingerprint density at radius 3 is 2.72 bits per heavy atom. The summed E-state index contributed by atoms with van der Waals surface area (Å²) in [4.78, 5) is 19.4. The lowest BCUT2D eigenvalue weighted by molar-refractivity contribution is 0.0522. The van der Waals surface area contributed by atoms with Gasteiger partial charge in [0.25, 0.3) is 11.6 Å². The Morgan fingerprint density at radius 2 is 1.91 bits per heavy atom. The molecule has 7 nitrogen and oxygen atoms in total. The first-order valence-corrected chi connectivity index (χ1v) is 10.2. The van der Waals surface area contributed by atoms with Gasteiger partial charge in [0.05, 0.1) is 28.9 Å². The van der Waals surface area contributed by atoms with Crippen molar-refractivity contribution in [2.45, 2.75) is 13.0 Å².